The van der Waals surface area contributed by atoms with Crippen LogP contribution in [0.3, 0.4) is 0 Å². The minimum absolute atomic E-state index is 0.151. The molecule has 0 spiro atoms. The number of rotatable bonds is 2. The molecule has 0 aliphatic carbocycles. The Morgan fingerprint density at radius 2 is 1.74 bits per heavy atom. The van der Waals surface area contributed by atoms with Gasteiger partial charge in [0.1, 0.15) is 17.2 Å². The van der Waals surface area contributed by atoms with Crippen molar-refractivity contribution in [3.63, 3.8) is 0 Å². The molecule has 0 radical (unpaired) electrons. The fraction of sp³-hybridized carbons (Fsp3) is 0.400. The first-order valence-electron chi connectivity index (χ1n) is 7.21. The Hall–Kier alpha value is -1.96. The molecule has 2 fully saturated rings. The number of benzene rings is 1. The van der Waals surface area contributed by atoms with Crippen molar-refractivity contribution in [3.05, 3.63) is 35.4 Å². The second-order valence-corrected chi connectivity index (χ2v) is 6.36. The van der Waals surface area contributed by atoms with Gasteiger partial charge in [0, 0.05) is 19.1 Å². The Kier molecular flexibility index (Phi) is 4.34. The number of hydrogen-bond acceptors (Lipinski definition) is 4. The van der Waals surface area contributed by atoms with Crippen LogP contribution in [0.4, 0.5) is 13.6 Å². The summed E-state index contributed by atoms with van der Waals surface area (Å²) in [6.45, 7) is 0.498. The highest BCUT2D eigenvalue weighted by Gasteiger charge is 2.38. The van der Waals surface area contributed by atoms with Crippen LogP contribution in [0, 0.1) is 11.6 Å². The molecule has 3 amide bonds. The van der Waals surface area contributed by atoms with Crippen LogP contribution in [0.15, 0.2) is 18.2 Å². The van der Waals surface area contributed by atoms with Gasteiger partial charge in [-0.2, -0.15) is 0 Å². The molecular weight excluding hydrogens is 326 g/mol. The number of piperidine rings is 1. The molecule has 2 aliphatic rings. The number of carbonyl (C=O) groups is 3. The van der Waals surface area contributed by atoms with Gasteiger partial charge in [-0.3, -0.25) is 19.3 Å². The largest absolute Gasteiger partial charge is 0.338 e. The SMILES string of the molecule is O=C(c1c(F)cccc1F)N1CCC(N2C(=O)CSC2=O)CC1. The summed E-state index contributed by atoms with van der Waals surface area (Å²) >= 11 is 0.973. The summed E-state index contributed by atoms with van der Waals surface area (Å²) in [5.41, 5.74) is -0.560. The van der Waals surface area contributed by atoms with Gasteiger partial charge in [-0.15, -0.1) is 0 Å². The first-order valence-corrected chi connectivity index (χ1v) is 8.19. The van der Waals surface area contributed by atoms with Crippen molar-refractivity contribution in [1.29, 1.82) is 0 Å². The smallest absolute Gasteiger partial charge is 0.289 e. The Morgan fingerprint density at radius 1 is 1.13 bits per heavy atom. The van der Waals surface area contributed by atoms with Crippen LogP contribution in [-0.4, -0.2) is 51.7 Å². The zero-order chi connectivity index (χ0) is 16.6. The molecular formula is C15H14F2N2O3S. The molecule has 8 heteroatoms. The lowest BCUT2D eigenvalue weighted by molar-refractivity contribution is -0.126. The Bertz CT molecular complexity index is 638. The molecule has 0 N–H and O–H groups in total. The quantitative estimate of drug-likeness (QED) is 0.829. The van der Waals surface area contributed by atoms with Gasteiger partial charge in [-0.25, -0.2) is 8.78 Å². The van der Waals surface area contributed by atoms with Gasteiger partial charge in [0.25, 0.3) is 11.1 Å². The highest BCUT2D eigenvalue weighted by atomic mass is 32.2. The molecule has 23 heavy (non-hydrogen) atoms. The maximum absolute atomic E-state index is 13.7. The van der Waals surface area contributed by atoms with Gasteiger partial charge in [0.05, 0.1) is 5.75 Å². The van der Waals surface area contributed by atoms with Crippen LogP contribution < -0.4 is 0 Å². The average molecular weight is 340 g/mol. The molecule has 2 heterocycles. The van der Waals surface area contributed by atoms with E-state index in [0.29, 0.717) is 12.8 Å². The number of thioether (sulfide) groups is 1. The van der Waals surface area contributed by atoms with Crippen molar-refractivity contribution in [1.82, 2.24) is 9.80 Å². The lowest BCUT2D eigenvalue weighted by atomic mass is 10.0. The Morgan fingerprint density at radius 3 is 2.26 bits per heavy atom. The van der Waals surface area contributed by atoms with E-state index in [9.17, 15) is 23.2 Å². The fourth-order valence-corrected chi connectivity index (χ4v) is 3.68. The predicted octanol–water partition coefficient (Wildman–Crippen LogP) is 2.26. The van der Waals surface area contributed by atoms with Gasteiger partial charge in [-0.1, -0.05) is 17.8 Å². The monoisotopic (exact) mass is 340 g/mol. The van der Waals surface area contributed by atoms with E-state index in [1.54, 1.807) is 0 Å². The van der Waals surface area contributed by atoms with E-state index in [1.165, 1.54) is 15.9 Å². The second kappa shape index (κ2) is 6.27. The topological polar surface area (TPSA) is 57.7 Å². The standard InChI is InChI=1S/C15H14F2N2O3S/c16-10-2-1-3-11(17)13(10)14(21)18-6-4-9(5-7-18)19-12(20)8-23-15(19)22/h1-3,9H,4-8H2. The lowest BCUT2D eigenvalue weighted by Gasteiger charge is -2.35. The lowest BCUT2D eigenvalue weighted by Crippen LogP contribution is -2.48. The number of likely N-dealkylation sites (tertiary alicyclic amines) is 1. The van der Waals surface area contributed by atoms with E-state index >= 15 is 0 Å². The van der Waals surface area contributed by atoms with E-state index in [-0.39, 0.29) is 36.0 Å². The molecule has 122 valence electrons. The first-order chi connectivity index (χ1) is 11.0. The van der Waals surface area contributed by atoms with Crippen LogP contribution in [-0.2, 0) is 4.79 Å². The minimum atomic E-state index is -0.890. The molecule has 5 nitrogen and oxygen atoms in total. The van der Waals surface area contributed by atoms with Crippen molar-refractivity contribution < 1.29 is 23.2 Å². The number of carbonyl (C=O) groups excluding carboxylic acids is 3. The molecule has 0 atom stereocenters. The van der Waals surface area contributed by atoms with Gasteiger partial charge in [-0.05, 0) is 25.0 Å². The third kappa shape index (κ3) is 2.95. The Labute approximate surface area is 135 Å². The molecule has 2 saturated heterocycles. The summed E-state index contributed by atoms with van der Waals surface area (Å²) in [5, 5.41) is -0.264. The number of imide groups is 1. The minimum Gasteiger partial charge on any atom is -0.338 e. The highest BCUT2D eigenvalue weighted by Crippen LogP contribution is 2.27. The summed E-state index contributed by atoms with van der Waals surface area (Å²) in [5.74, 6) is -2.55. The van der Waals surface area contributed by atoms with E-state index in [4.69, 9.17) is 0 Å². The molecule has 1 aromatic carbocycles. The molecule has 2 aliphatic heterocycles. The van der Waals surface area contributed by atoms with E-state index in [1.807, 2.05) is 0 Å². The third-order valence-corrected chi connectivity index (χ3v) is 4.91. The van der Waals surface area contributed by atoms with E-state index < -0.39 is 23.1 Å². The number of hydrogen-bond donors (Lipinski definition) is 0. The molecule has 0 aromatic heterocycles. The first kappa shape index (κ1) is 15.9. The van der Waals surface area contributed by atoms with Crippen LogP contribution in [0.1, 0.15) is 23.2 Å². The van der Waals surface area contributed by atoms with Crippen molar-refractivity contribution in [2.45, 2.75) is 18.9 Å². The van der Waals surface area contributed by atoms with Crippen LogP contribution in [0.25, 0.3) is 0 Å². The summed E-state index contributed by atoms with van der Waals surface area (Å²) in [7, 11) is 0. The number of amides is 3. The van der Waals surface area contributed by atoms with Crippen LogP contribution in [0.2, 0.25) is 0 Å². The van der Waals surface area contributed by atoms with Gasteiger partial charge in [0.15, 0.2) is 0 Å². The van der Waals surface area contributed by atoms with Gasteiger partial charge in [0.2, 0.25) is 5.91 Å². The Balaban J connectivity index is 1.68. The van der Waals surface area contributed by atoms with Crippen molar-refractivity contribution in [2.75, 3.05) is 18.8 Å². The van der Waals surface area contributed by atoms with Crippen molar-refractivity contribution in [2.24, 2.45) is 0 Å². The highest BCUT2D eigenvalue weighted by molar-refractivity contribution is 8.14. The van der Waals surface area contributed by atoms with Crippen molar-refractivity contribution in [3.8, 4) is 0 Å². The van der Waals surface area contributed by atoms with Gasteiger partial charge >= 0.3 is 0 Å². The van der Waals surface area contributed by atoms with E-state index in [2.05, 4.69) is 0 Å². The maximum atomic E-state index is 13.7. The maximum Gasteiger partial charge on any atom is 0.289 e. The normalized spacial score (nSPS) is 19.6. The average Bonchev–Trinajstić information content (AvgIpc) is 2.86. The predicted molar refractivity (Wildman–Crippen MR) is 80.0 cm³/mol. The third-order valence-electron chi connectivity index (χ3n) is 4.08. The second-order valence-electron chi connectivity index (χ2n) is 5.44. The van der Waals surface area contributed by atoms with Crippen LogP contribution in [0.5, 0.6) is 0 Å². The zero-order valence-corrected chi connectivity index (χ0v) is 12.9. The molecule has 1 aromatic rings. The molecule has 0 saturated carbocycles. The summed E-state index contributed by atoms with van der Waals surface area (Å²) in [6.07, 6.45) is 0.833. The summed E-state index contributed by atoms with van der Waals surface area (Å²) in [6, 6.07) is 3.04. The summed E-state index contributed by atoms with van der Waals surface area (Å²) in [4.78, 5) is 38.3. The molecule has 0 unspecified atom stereocenters. The fourth-order valence-electron chi connectivity index (χ4n) is 2.90. The van der Waals surface area contributed by atoms with Gasteiger partial charge < -0.3 is 4.90 Å². The van der Waals surface area contributed by atoms with Crippen LogP contribution >= 0.6 is 11.8 Å². The van der Waals surface area contributed by atoms with E-state index in [0.717, 1.165) is 23.9 Å². The summed E-state index contributed by atoms with van der Waals surface area (Å²) < 4.78 is 27.4. The van der Waals surface area contributed by atoms with Crippen molar-refractivity contribution >= 4 is 28.8 Å². The molecule has 0 bridgehead atoms. The number of nitrogens with zero attached hydrogens (tertiary/aromatic N) is 2. The molecule has 3 rings (SSSR count). The zero-order valence-electron chi connectivity index (χ0n) is 12.1. The number of halogens is 2.